The van der Waals surface area contributed by atoms with Gasteiger partial charge in [0.15, 0.2) is 6.10 Å². The Morgan fingerprint density at radius 1 is 0.735 bits per heavy atom. The minimum atomic E-state index is -0.402. The third-order valence-electron chi connectivity index (χ3n) is 5.59. The predicted molar refractivity (Wildman–Crippen MR) is 132 cm³/mol. The summed E-state index contributed by atoms with van der Waals surface area (Å²) in [6.07, 6.45) is 1.61. The lowest BCUT2D eigenvalue weighted by atomic mass is 9.96. The van der Waals surface area contributed by atoms with E-state index in [9.17, 15) is 0 Å². The van der Waals surface area contributed by atoms with E-state index < -0.39 is 6.10 Å². The number of methoxy groups -OCH3 is 3. The van der Waals surface area contributed by atoms with E-state index in [1.54, 1.807) is 21.3 Å². The average molecular weight is 463 g/mol. The second-order valence-electron chi connectivity index (χ2n) is 7.67. The van der Waals surface area contributed by atoms with Gasteiger partial charge in [-0.3, -0.25) is 0 Å². The SMILES string of the molecule is CCOc1cc(OCC)c2c(c1)C(=Cc1ccc(OC)cc1)OC2c1cc(OC)cc(OC)c1. The molecule has 0 spiro atoms. The Bertz CT molecular complexity index is 1140. The molecule has 0 N–H and O–H groups in total. The summed E-state index contributed by atoms with van der Waals surface area (Å²) < 4.78 is 34.8. The van der Waals surface area contributed by atoms with Crippen molar-refractivity contribution in [1.29, 1.82) is 0 Å². The first-order chi connectivity index (χ1) is 16.6. The maximum Gasteiger partial charge on any atom is 0.153 e. The van der Waals surface area contributed by atoms with Crippen molar-refractivity contribution in [3.05, 3.63) is 76.9 Å². The van der Waals surface area contributed by atoms with E-state index in [2.05, 4.69) is 0 Å². The topological polar surface area (TPSA) is 55.4 Å². The van der Waals surface area contributed by atoms with Gasteiger partial charge in [-0.25, -0.2) is 0 Å². The van der Waals surface area contributed by atoms with E-state index >= 15 is 0 Å². The molecule has 6 heteroatoms. The Labute approximate surface area is 200 Å². The molecule has 0 amide bonds. The molecule has 3 aromatic carbocycles. The van der Waals surface area contributed by atoms with E-state index in [0.717, 1.165) is 45.3 Å². The third kappa shape index (κ3) is 4.76. The Hall–Kier alpha value is -3.80. The monoisotopic (exact) mass is 462 g/mol. The fraction of sp³-hybridized carbons (Fsp3) is 0.286. The van der Waals surface area contributed by atoms with Crippen LogP contribution < -0.4 is 23.7 Å². The molecule has 1 heterocycles. The van der Waals surface area contributed by atoms with Crippen LogP contribution in [0, 0.1) is 0 Å². The van der Waals surface area contributed by atoms with Gasteiger partial charge in [0.1, 0.15) is 34.5 Å². The summed E-state index contributed by atoms with van der Waals surface area (Å²) in [5.41, 5.74) is 3.77. The summed E-state index contributed by atoms with van der Waals surface area (Å²) in [4.78, 5) is 0. The first-order valence-electron chi connectivity index (χ1n) is 11.3. The molecule has 0 aromatic heterocycles. The minimum absolute atomic E-state index is 0.402. The lowest BCUT2D eigenvalue weighted by Crippen LogP contribution is -2.04. The van der Waals surface area contributed by atoms with Crippen LogP contribution in [0.1, 0.15) is 42.2 Å². The molecule has 1 unspecified atom stereocenters. The van der Waals surface area contributed by atoms with Crippen molar-refractivity contribution in [3.8, 4) is 28.7 Å². The molecule has 0 fully saturated rings. The summed E-state index contributed by atoms with van der Waals surface area (Å²) in [6, 6.07) is 17.5. The number of rotatable bonds is 9. The molecule has 0 aliphatic carbocycles. The van der Waals surface area contributed by atoms with E-state index in [-0.39, 0.29) is 0 Å². The van der Waals surface area contributed by atoms with Crippen LogP contribution in [-0.2, 0) is 4.74 Å². The van der Waals surface area contributed by atoms with Crippen molar-refractivity contribution in [3.63, 3.8) is 0 Å². The van der Waals surface area contributed by atoms with Gasteiger partial charge in [-0.2, -0.15) is 0 Å². The van der Waals surface area contributed by atoms with E-state index in [0.29, 0.717) is 24.7 Å². The molecule has 34 heavy (non-hydrogen) atoms. The molecular weight excluding hydrogens is 432 g/mol. The second-order valence-corrected chi connectivity index (χ2v) is 7.67. The van der Waals surface area contributed by atoms with Gasteiger partial charge >= 0.3 is 0 Å². The number of hydrogen-bond acceptors (Lipinski definition) is 6. The van der Waals surface area contributed by atoms with Gasteiger partial charge in [-0.1, -0.05) is 12.1 Å². The van der Waals surface area contributed by atoms with Crippen LogP contribution in [0.25, 0.3) is 11.8 Å². The van der Waals surface area contributed by atoms with Crippen molar-refractivity contribution in [2.75, 3.05) is 34.5 Å². The number of benzene rings is 3. The van der Waals surface area contributed by atoms with Crippen LogP contribution in [-0.4, -0.2) is 34.5 Å². The molecule has 1 aliphatic rings. The fourth-order valence-corrected chi connectivity index (χ4v) is 4.03. The zero-order chi connectivity index (χ0) is 24.1. The highest BCUT2D eigenvalue weighted by Gasteiger charge is 2.34. The highest BCUT2D eigenvalue weighted by Crippen LogP contribution is 2.50. The molecule has 4 rings (SSSR count). The van der Waals surface area contributed by atoms with Crippen LogP contribution in [0.3, 0.4) is 0 Å². The summed E-state index contributed by atoms with van der Waals surface area (Å²) in [7, 11) is 4.93. The minimum Gasteiger partial charge on any atom is -0.497 e. The van der Waals surface area contributed by atoms with Gasteiger partial charge in [0, 0.05) is 23.3 Å². The number of hydrogen-bond donors (Lipinski definition) is 0. The second kappa shape index (κ2) is 10.4. The summed E-state index contributed by atoms with van der Waals surface area (Å²) in [5.74, 6) is 4.38. The lowest BCUT2D eigenvalue weighted by molar-refractivity contribution is 0.222. The first-order valence-corrected chi connectivity index (χ1v) is 11.3. The van der Waals surface area contributed by atoms with Gasteiger partial charge in [0.25, 0.3) is 0 Å². The normalized spacial score (nSPS) is 15.4. The van der Waals surface area contributed by atoms with Crippen LogP contribution >= 0.6 is 0 Å². The lowest BCUT2D eigenvalue weighted by Gasteiger charge is -2.18. The van der Waals surface area contributed by atoms with Crippen molar-refractivity contribution < 1.29 is 28.4 Å². The van der Waals surface area contributed by atoms with Crippen LogP contribution in [0.15, 0.2) is 54.6 Å². The zero-order valence-electron chi connectivity index (χ0n) is 20.2. The summed E-state index contributed by atoms with van der Waals surface area (Å²) in [6.45, 7) is 5.00. The van der Waals surface area contributed by atoms with Crippen molar-refractivity contribution in [2.45, 2.75) is 20.0 Å². The largest absolute Gasteiger partial charge is 0.497 e. The van der Waals surface area contributed by atoms with Gasteiger partial charge in [-0.15, -0.1) is 0 Å². The van der Waals surface area contributed by atoms with Crippen molar-refractivity contribution in [1.82, 2.24) is 0 Å². The Kier molecular flexibility index (Phi) is 7.16. The molecule has 1 aliphatic heterocycles. The maximum atomic E-state index is 6.58. The van der Waals surface area contributed by atoms with Crippen molar-refractivity contribution >= 4 is 11.8 Å². The Morgan fingerprint density at radius 2 is 1.38 bits per heavy atom. The third-order valence-corrected chi connectivity index (χ3v) is 5.59. The quantitative estimate of drug-likeness (QED) is 0.381. The molecule has 6 nitrogen and oxygen atoms in total. The highest BCUT2D eigenvalue weighted by molar-refractivity contribution is 5.84. The van der Waals surface area contributed by atoms with Crippen LogP contribution in [0.5, 0.6) is 28.7 Å². The van der Waals surface area contributed by atoms with Gasteiger partial charge in [0.05, 0.1) is 40.1 Å². The molecule has 0 saturated carbocycles. The highest BCUT2D eigenvalue weighted by atomic mass is 16.5. The zero-order valence-corrected chi connectivity index (χ0v) is 20.2. The van der Waals surface area contributed by atoms with E-state index in [1.807, 2.05) is 74.5 Å². The smallest absolute Gasteiger partial charge is 0.153 e. The Balaban J connectivity index is 1.88. The molecule has 1 atom stereocenters. The average Bonchev–Trinajstić information content (AvgIpc) is 3.23. The maximum absolute atomic E-state index is 6.58. The first kappa shape index (κ1) is 23.4. The number of ether oxygens (including phenoxy) is 6. The van der Waals surface area contributed by atoms with Gasteiger partial charge in [0.2, 0.25) is 0 Å². The van der Waals surface area contributed by atoms with Crippen LogP contribution in [0.4, 0.5) is 0 Å². The van der Waals surface area contributed by atoms with Crippen LogP contribution in [0.2, 0.25) is 0 Å². The molecule has 178 valence electrons. The molecular formula is C28H30O6. The Morgan fingerprint density at radius 3 is 1.97 bits per heavy atom. The van der Waals surface area contributed by atoms with Gasteiger partial charge < -0.3 is 28.4 Å². The van der Waals surface area contributed by atoms with Crippen molar-refractivity contribution in [2.24, 2.45) is 0 Å². The molecule has 0 bridgehead atoms. The molecule has 0 radical (unpaired) electrons. The fourth-order valence-electron chi connectivity index (χ4n) is 4.03. The van der Waals surface area contributed by atoms with E-state index in [1.165, 1.54) is 0 Å². The number of fused-ring (bicyclic) bond motifs is 1. The molecule has 3 aromatic rings. The summed E-state index contributed by atoms with van der Waals surface area (Å²) >= 11 is 0. The molecule has 0 saturated heterocycles. The standard InChI is InChI=1S/C28H30O6/c1-6-32-23-16-24-25(12-18-8-10-20(29-3)11-9-18)34-28(27(24)26(17-23)33-7-2)19-13-21(30-4)15-22(14-19)31-5/h8-17,28H,6-7H2,1-5H3. The van der Waals surface area contributed by atoms with Gasteiger partial charge in [-0.05, 0) is 55.8 Å². The van der Waals surface area contributed by atoms with E-state index in [4.69, 9.17) is 28.4 Å². The predicted octanol–water partition coefficient (Wildman–Crippen LogP) is 6.13. The summed E-state index contributed by atoms with van der Waals surface area (Å²) in [5, 5.41) is 0.